The molecule has 0 bridgehead atoms. The molecule has 1 amide bonds. The van der Waals surface area contributed by atoms with Gasteiger partial charge in [-0.15, -0.1) is 0 Å². The van der Waals surface area contributed by atoms with Crippen LogP contribution in [0.1, 0.15) is 114 Å². The molecule has 0 aliphatic rings. The number of rotatable bonds is 17. The number of amides is 1. The van der Waals surface area contributed by atoms with Crippen LogP contribution in [0, 0.1) is 11.8 Å². The first-order valence-electron chi connectivity index (χ1n) is 13.7. The molecule has 2 rings (SSSR count). The standard InChI is InChI=1S/C32H45NO/c1-2-3-4-5-6-7-8-9-10-14-22-30-24-26-31(27-25-30)28-33-32(34)23-18-12-11-15-19-29-20-16-13-17-21-29/h13,16-17,20-21,24-27H,2-12,14,18,22-23,28H2,1H3,(H,33,34). The van der Waals surface area contributed by atoms with Gasteiger partial charge in [0.2, 0.25) is 5.91 Å². The van der Waals surface area contributed by atoms with Crippen molar-refractivity contribution in [1.29, 1.82) is 0 Å². The van der Waals surface area contributed by atoms with Crippen LogP contribution in [0.4, 0.5) is 0 Å². The highest BCUT2D eigenvalue weighted by Crippen LogP contribution is 2.13. The van der Waals surface area contributed by atoms with E-state index in [4.69, 9.17) is 0 Å². The van der Waals surface area contributed by atoms with Crippen molar-refractivity contribution in [3.8, 4) is 11.8 Å². The van der Waals surface area contributed by atoms with Crippen LogP contribution in [0.5, 0.6) is 0 Å². The van der Waals surface area contributed by atoms with Gasteiger partial charge >= 0.3 is 0 Å². The van der Waals surface area contributed by atoms with Gasteiger partial charge in [-0.25, -0.2) is 0 Å². The van der Waals surface area contributed by atoms with Crippen LogP contribution in [-0.2, 0) is 17.8 Å². The monoisotopic (exact) mass is 459 g/mol. The Balaban J connectivity index is 1.47. The predicted octanol–water partition coefficient (Wildman–Crippen LogP) is 8.38. The fourth-order valence-corrected chi connectivity index (χ4v) is 4.11. The third-order valence-corrected chi connectivity index (χ3v) is 6.29. The van der Waals surface area contributed by atoms with Crippen molar-refractivity contribution in [2.75, 3.05) is 0 Å². The zero-order chi connectivity index (χ0) is 24.1. The first-order chi connectivity index (χ1) is 16.8. The number of aryl methyl sites for hydroxylation is 1. The summed E-state index contributed by atoms with van der Waals surface area (Å²) in [7, 11) is 0. The molecule has 0 saturated heterocycles. The van der Waals surface area contributed by atoms with E-state index in [1.54, 1.807) is 0 Å². The summed E-state index contributed by atoms with van der Waals surface area (Å²) < 4.78 is 0. The number of hydrogen-bond acceptors (Lipinski definition) is 1. The largest absolute Gasteiger partial charge is 0.352 e. The van der Waals surface area contributed by atoms with Crippen molar-refractivity contribution in [2.45, 2.75) is 110 Å². The maximum Gasteiger partial charge on any atom is 0.220 e. The molecule has 184 valence electrons. The Morgan fingerprint density at radius 2 is 1.32 bits per heavy atom. The Kier molecular flexibility index (Phi) is 15.4. The van der Waals surface area contributed by atoms with E-state index in [1.165, 1.54) is 75.3 Å². The third-order valence-electron chi connectivity index (χ3n) is 6.29. The van der Waals surface area contributed by atoms with Crippen LogP contribution < -0.4 is 5.32 Å². The summed E-state index contributed by atoms with van der Waals surface area (Å²) in [6, 6.07) is 18.8. The second-order valence-electron chi connectivity index (χ2n) is 9.40. The Morgan fingerprint density at radius 1 is 0.706 bits per heavy atom. The number of carbonyl (C=O) groups excluding carboxylic acids is 1. The first-order valence-corrected chi connectivity index (χ1v) is 13.7. The fourth-order valence-electron chi connectivity index (χ4n) is 4.11. The van der Waals surface area contributed by atoms with E-state index in [9.17, 15) is 4.79 Å². The molecule has 0 atom stereocenters. The summed E-state index contributed by atoms with van der Waals surface area (Å²) in [4.78, 5) is 12.1. The van der Waals surface area contributed by atoms with E-state index in [-0.39, 0.29) is 5.91 Å². The first kappa shape index (κ1) is 27.7. The molecule has 2 nitrogen and oxygen atoms in total. The molecule has 0 aromatic heterocycles. The number of hydrogen-bond donors (Lipinski definition) is 1. The van der Waals surface area contributed by atoms with Gasteiger partial charge in [0.1, 0.15) is 0 Å². The summed E-state index contributed by atoms with van der Waals surface area (Å²) >= 11 is 0. The second-order valence-corrected chi connectivity index (χ2v) is 9.40. The molecule has 2 heteroatoms. The van der Waals surface area contributed by atoms with Crippen LogP contribution in [0.2, 0.25) is 0 Å². The zero-order valence-electron chi connectivity index (χ0n) is 21.4. The molecule has 0 fully saturated rings. The summed E-state index contributed by atoms with van der Waals surface area (Å²) in [5.41, 5.74) is 3.63. The molecule has 34 heavy (non-hydrogen) atoms. The van der Waals surface area contributed by atoms with Gasteiger partial charge in [-0.05, 0) is 48.9 Å². The quantitative estimate of drug-likeness (QED) is 0.187. The van der Waals surface area contributed by atoms with Gasteiger partial charge in [-0.2, -0.15) is 0 Å². The van der Waals surface area contributed by atoms with Gasteiger partial charge in [0.15, 0.2) is 0 Å². The van der Waals surface area contributed by atoms with E-state index in [0.29, 0.717) is 13.0 Å². The van der Waals surface area contributed by atoms with Crippen molar-refractivity contribution >= 4 is 5.91 Å². The molecule has 0 unspecified atom stereocenters. The fraction of sp³-hybridized carbons (Fsp3) is 0.531. The molecule has 0 heterocycles. The van der Waals surface area contributed by atoms with Crippen molar-refractivity contribution in [3.63, 3.8) is 0 Å². The highest BCUT2D eigenvalue weighted by Gasteiger charge is 2.02. The van der Waals surface area contributed by atoms with Crippen molar-refractivity contribution in [3.05, 3.63) is 71.3 Å². The highest BCUT2D eigenvalue weighted by atomic mass is 16.1. The molecular weight excluding hydrogens is 414 g/mol. The lowest BCUT2D eigenvalue weighted by Gasteiger charge is -2.07. The topological polar surface area (TPSA) is 29.1 Å². The maximum atomic E-state index is 12.1. The van der Waals surface area contributed by atoms with E-state index < -0.39 is 0 Å². The molecule has 2 aromatic rings. The molecule has 0 radical (unpaired) electrons. The van der Waals surface area contributed by atoms with Crippen LogP contribution in [0.25, 0.3) is 0 Å². The van der Waals surface area contributed by atoms with Gasteiger partial charge < -0.3 is 5.32 Å². The second kappa shape index (κ2) is 18.8. The van der Waals surface area contributed by atoms with Crippen LogP contribution >= 0.6 is 0 Å². The summed E-state index contributed by atoms with van der Waals surface area (Å²) in [6.07, 6.45) is 18.2. The van der Waals surface area contributed by atoms with Crippen LogP contribution in [0.3, 0.4) is 0 Å². The lowest BCUT2D eigenvalue weighted by molar-refractivity contribution is -0.121. The minimum atomic E-state index is 0.130. The molecular formula is C32H45NO. The minimum absolute atomic E-state index is 0.130. The summed E-state index contributed by atoms with van der Waals surface area (Å²) in [5.74, 6) is 6.49. The van der Waals surface area contributed by atoms with Gasteiger partial charge in [0.05, 0.1) is 0 Å². The lowest BCUT2D eigenvalue weighted by Crippen LogP contribution is -2.22. The normalized spacial score (nSPS) is 10.5. The number of nitrogens with one attached hydrogen (secondary N) is 1. The molecule has 1 N–H and O–H groups in total. The van der Waals surface area contributed by atoms with Gasteiger partial charge in [-0.3, -0.25) is 4.79 Å². The van der Waals surface area contributed by atoms with Crippen molar-refractivity contribution in [1.82, 2.24) is 5.32 Å². The van der Waals surface area contributed by atoms with Gasteiger partial charge in [0, 0.05) is 24.9 Å². The highest BCUT2D eigenvalue weighted by molar-refractivity contribution is 5.75. The lowest BCUT2D eigenvalue weighted by atomic mass is 10.0. The summed E-state index contributed by atoms with van der Waals surface area (Å²) in [6.45, 7) is 2.89. The molecule has 0 saturated carbocycles. The summed E-state index contributed by atoms with van der Waals surface area (Å²) in [5, 5.41) is 3.05. The molecule has 0 aliphatic carbocycles. The minimum Gasteiger partial charge on any atom is -0.352 e. The number of carbonyl (C=O) groups is 1. The van der Waals surface area contributed by atoms with E-state index >= 15 is 0 Å². The Labute approximate surface area is 208 Å². The van der Waals surface area contributed by atoms with Crippen molar-refractivity contribution < 1.29 is 4.79 Å². The SMILES string of the molecule is CCCCCCCCCCCCc1ccc(CNC(=O)CCCCC#Cc2ccccc2)cc1. The maximum absolute atomic E-state index is 12.1. The zero-order valence-corrected chi connectivity index (χ0v) is 21.4. The van der Waals surface area contributed by atoms with Gasteiger partial charge in [-0.1, -0.05) is 119 Å². The molecule has 2 aromatic carbocycles. The van der Waals surface area contributed by atoms with E-state index in [2.05, 4.69) is 48.3 Å². The Bertz CT molecular complexity index is 829. The third kappa shape index (κ3) is 13.9. The smallest absolute Gasteiger partial charge is 0.220 e. The molecule has 0 aliphatic heterocycles. The predicted molar refractivity (Wildman–Crippen MR) is 146 cm³/mol. The Hall–Kier alpha value is -2.53. The Morgan fingerprint density at radius 3 is 2.00 bits per heavy atom. The van der Waals surface area contributed by atoms with Gasteiger partial charge in [0.25, 0.3) is 0 Å². The van der Waals surface area contributed by atoms with Crippen LogP contribution in [0.15, 0.2) is 54.6 Å². The average molecular weight is 460 g/mol. The number of unbranched alkanes of at least 4 members (excludes halogenated alkanes) is 11. The van der Waals surface area contributed by atoms with Crippen molar-refractivity contribution in [2.24, 2.45) is 0 Å². The number of benzene rings is 2. The average Bonchev–Trinajstić information content (AvgIpc) is 2.87. The van der Waals surface area contributed by atoms with Crippen LogP contribution in [-0.4, -0.2) is 5.91 Å². The van der Waals surface area contributed by atoms with E-state index in [1.807, 2.05) is 30.3 Å². The molecule has 0 spiro atoms. The van der Waals surface area contributed by atoms with E-state index in [0.717, 1.165) is 31.2 Å².